The molecule has 0 amide bonds. The van der Waals surface area contributed by atoms with Crippen molar-refractivity contribution in [1.82, 2.24) is 14.6 Å². The molecule has 0 bridgehead atoms. The van der Waals surface area contributed by atoms with Gasteiger partial charge >= 0.3 is 5.97 Å². The molecular formula is C19H15N3O2S. The van der Waals surface area contributed by atoms with Crippen molar-refractivity contribution in [3.05, 3.63) is 77.1 Å². The van der Waals surface area contributed by atoms with Gasteiger partial charge in [0.15, 0.2) is 11.5 Å². The van der Waals surface area contributed by atoms with Gasteiger partial charge in [-0.1, -0.05) is 30.3 Å². The van der Waals surface area contributed by atoms with E-state index in [-0.39, 0.29) is 10.8 Å². The van der Waals surface area contributed by atoms with E-state index in [2.05, 4.69) is 22.3 Å². The van der Waals surface area contributed by atoms with Gasteiger partial charge in [0.05, 0.1) is 16.3 Å². The summed E-state index contributed by atoms with van der Waals surface area (Å²) in [5, 5.41) is 18.5. The van der Waals surface area contributed by atoms with Crippen LogP contribution in [-0.2, 0) is 0 Å². The predicted octanol–water partition coefficient (Wildman–Crippen LogP) is 3.91. The molecule has 1 unspecified atom stereocenters. The number of aromatic nitrogens is 3. The lowest BCUT2D eigenvalue weighted by Gasteiger charge is -2.12. The Bertz CT molecular complexity index is 1100. The third kappa shape index (κ3) is 2.55. The van der Waals surface area contributed by atoms with Crippen LogP contribution in [-0.4, -0.2) is 25.7 Å². The molecule has 1 N–H and O–H groups in total. The highest BCUT2D eigenvalue weighted by Gasteiger charge is 2.19. The van der Waals surface area contributed by atoms with Crippen LogP contribution in [0, 0.1) is 6.92 Å². The number of fused-ring (bicyclic) bond motifs is 3. The molecule has 0 spiro atoms. The molecule has 0 saturated carbocycles. The average Bonchev–Trinajstić information content (AvgIpc) is 3.07. The number of thiol groups is 1. The maximum atomic E-state index is 11.0. The molecule has 4 aromatic rings. The number of para-hydroxylation sites is 1. The topological polar surface area (TPSA) is 67.5 Å². The number of aromatic carboxylic acids is 1. The second-order valence-electron chi connectivity index (χ2n) is 5.93. The van der Waals surface area contributed by atoms with E-state index in [0.717, 1.165) is 27.7 Å². The largest absolute Gasteiger partial charge is 0.478 e. The zero-order valence-corrected chi connectivity index (χ0v) is 14.3. The van der Waals surface area contributed by atoms with Gasteiger partial charge < -0.3 is 5.11 Å². The number of carboxylic acids is 1. The molecule has 0 radical (unpaired) electrons. The number of rotatable bonds is 3. The van der Waals surface area contributed by atoms with Crippen molar-refractivity contribution in [2.45, 2.75) is 12.2 Å². The first-order valence-corrected chi connectivity index (χ1v) is 8.32. The van der Waals surface area contributed by atoms with Crippen molar-refractivity contribution >= 4 is 35.1 Å². The van der Waals surface area contributed by atoms with E-state index in [1.807, 2.05) is 29.5 Å². The van der Waals surface area contributed by atoms with E-state index in [1.54, 1.807) is 24.3 Å². The lowest BCUT2D eigenvalue weighted by Crippen LogP contribution is -2.03. The maximum Gasteiger partial charge on any atom is 0.335 e. The summed E-state index contributed by atoms with van der Waals surface area (Å²) < 4.78 is 2.02. The fraction of sp³-hybridized carbons (Fsp3) is 0.105. The van der Waals surface area contributed by atoms with Gasteiger partial charge in [-0.05, 0) is 47.7 Å². The van der Waals surface area contributed by atoms with Crippen molar-refractivity contribution in [2.75, 3.05) is 0 Å². The van der Waals surface area contributed by atoms with Crippen LogP contribution in [0.2, 0.25) is 0 Å². The number of carbonyl (C=O) groups is 1. The lowest BCUT2D eigenvalue weighted by atomic mass is 10.1. The highest BCUT2D eigenvalue weighted by atomic mass is 32.1. The van der Waals surface area contributed by atoms with Crippen LogP contribution in [0.15, 0.2) is 54.6 Å². The third-order valence-corrected chi connectivity index (χ3v) is 4.84. The summed E-state index contributed by atoms with van der Waals surface area (Å²) in [6.45, 7) is 2.01. The molecule has 2 heterocycles. The highest BCUT2D eigenvalue weighted by Crippen LogP contribution is 2.30. The zero-order chi connectivity index (χ0) is 17.6. The van der Waals surface area contributed by atoms with Gasteiger partial charge in [-0.3, -0.25) is 4.40 Å². The first-order valence-electron chi connectivity index (χ1n) is 7.81. The van der Waals surface area contributed by atoms with Crippen molar-refractivity contribution in [3.8, 4) is 0 Å². The van der Waals surface area contributed by atoms with Crippen LogP contribution in [0.5, 0.6) is 0 Å². The molecule has 124 valence electrons. The smallest absolute Gasteiger partial charge is 0.335 e. The molecule has 2 aromatic heterocycles. The fourth-order valence-electron chi connectivity index (χ4n) is 3.03. The Balaban J connectivity index is 1.90. The molecule has 0 fully saturated rings. The number of hydrogen-bond acceptors (Lipinski definition) is 4. The van der Waals surface area contributed by atoms with Gasteiger partial charge in [0, 0.05) is 0 Å². The maximum absolute atomic E-state index is 11.0. The minimum atomic E-state index is -0.947. The van der Waals surface area contributed by atoms with Crippen LogP contribution >= 0.6 is 12.6 Å². The Kier molecular flexibility index (Phi) is 3.69. The summed E-state index contributed by atoms with van der Waals surface area (Å²) >= 11 is 4.73. The SMILES string of the molecule is Cc1cc2ccccc2n2c(C(S)c3ccc(C(=O)O)cc3)nnc12. The third-order valence-electron chi connectivity index (χ3n) is 4.31. The van der Waals surface area contributed by atoms with Crippen molar-refractivity contribution in [2.24, 2.45) is 0 Å². The number of carboxylic acid groups (broad SMARTS) is 1. The van der Waals surface area contributed by atoms with Crippen LogP contribution in [0.1, 0.15) is 32.6 Å². The summed E-state index contributed by atoms with van der Waals surface area (Å²) in [5.41, 5.74) is 3.98. The van der Waals surface area contributed by atoms with Gasteiger partial charge in [-0.25, -0.2) is 4.79 Å². The standard InChI is InChI=1S/C19H15N3O2S/c1-11-10-14-4-2-3-5-15(14)22-17(11)20-21-18(22)16(25)12-6-8-13(9-7-12)19(23)24/h2-10,16,25H,1H3,(H,23,24). The van der Waals surface area contributed by atoms with E-state index in [9.17, 15) is 4.79 Å². The molecule has 0 aliphatic carbocycles. The van der Waals surface area contributed by atoms with E-state index in [0.29, 0.717) is 5.82 Å². The summed E-state index contributed by atoms with van der Waals surface area (Å²) in [6, 6.07) is 16.8. The molecule has 2 aromatic carbocycles. The average molecular weight is 349 g/mol. The predicted molar refractivity (Wildman–Crippen MR) is 99.5 cm³/mol. The highest BCUT2D eigenvalue weighted by molar-refractivity contribution is 7.80. The molecule has 5 nitrogen and oxygen atoms in total. The minimum Gasteiger partial charge on any atom is -0.478 e. The van der Waals surface area contributed by atoms with Crippen LogP contribution < -0.4 is 0 Å². The van der Waals surface area contributed by atoms with Gasteiger partial charge in [0.2, 0.25) is 0 Å². The van der Waals surface area contributed by atoms with Gasteiger partial charge in [0.25, 0.3) is 0 Å². The van der Waals surface area contributed by atoms with E-state index in [4.69, 9.17) is 17.7 Å². The molecule has 4 rings (SSSR count). The van der Waals surface area contributed by atoms with Crippen LogP contribution in [0.3, 0.4) is 0 Å². The number of hydrogen-bond donors (Lipinski definition) is 2. The summed E-state index contributed by atoms with van der Waals surface area (Å²) in [7, 11) is 0. The molecule has 25 heavy (non-hydrogen) atoms. The van der Waals surface area contributed by atoms with Crippen molar-refractivity contribution < 1.29 is 9.90 Å². The monoisotopic (exact) mass is 349 g/mol. The first-order chi connectivity index (χ1) is 12.1. The Labute approximate surface area is 149 Å². The number of nitrogens with zero attached hydrogens (tertiary/aromatic N) is 3. The number of aryl methyl sites for hydroxylation is 1. The molecule has 0 saturated heterocycles. The van der Waals surface area contributed by atoms with Crippen LogP contribution in [0.4, 0.5) is 0 Å². The normalized spacial score (nSPS) is 12.6. The van der Waals surface area contributed by atoms with E-state index in [1.165, 1.54) is 0 Å². The molecule has 1 atom stereocenters. The van der Waals surface area contributed by atoms with Crippen LogP contribution in [0.25, 0.3) is 16.6 Å². The Hall–Kier alpha value is -2.86. The van der Waals surface area contributed by atoms with E-state index < -0.39 is 5.97 Å². The second-order valence-corrected chi connectivity index (χ2v) is 6.45. The zero-order valence-electron chi connectivity index (χ0n) is 13.4. The molecule has 6 heteroatoms. The van der Waals surface area contributed by atoms with Gasteiger partial charge in [-0.15, -0.1) is 10.2 Å². The Morgan fingerprint density at radius 2 is 1.84 bits per heavy atom. The summed E-state index contributed by atoms with van der Waals surface area (Å²) in [6.07, 6.45) is 0. The number of benzene rings is 2. The fourth-order valence-corrected chi connectivity index (χ4v) is 3.37. The lowest BCUT2D eigenvalue weighted by molar-refractivity contribution is 0.0697. The molecule has 0 aliphatic heterocycles. The summed E-state index contributed by atoms with van der Waals surface area (Å²) in [5.74, 6) is -0.238. The quantitative estimate of drug-likeness (QED) is 0.550. The minimum absolute atomic E-state index is 0.247. The molecule has 0 aliphatic rings. The number of pyridine rings is 1. The Morgan fingerprint density at radius 3 is 2.56 bits per heavy atom. The van der Waals surface area contributed by atoms with Crippen molar-refractivity contribution in [1.29, 1.82) is 0 Å². The Morgan fingerprint density at radius 1 is 1.12 bits per heavy atom. The second kappa shape index (κ2) is 5.89. The van der Waals surface area contributed by atoms with Gasteiger partial charge in [0.1, 0.15) is 0 Å². The first kappa shape index (κ1) is 15.7. The van der Waals surface area contributed by atoms with Crippen molar-refractivity contribution in [3.63, 3.8) is 0 Å². The summed E-state index contributed by atoms with van der Waals surface area (Å²) in [4.78, 5) is 11.0. The molecular weight excluding hydrogens is 334 g/mol. The van der Waals surface area contributed by atoms with E-state index >= 15 is 0 Å². The van der Waals surface area contributed by atoms with Gasteiger partial charge in [-0.2, -0.15) is 12.6 Å².